The van der Waals surface area contributed by atoms with Crippen LogP contribution in [0.25, 0.3) is 0 Å². The van der Waals surface area contributed by atoms with E-state index < -0.39 is 12.1 Å². The molecule has 0 saturated carbocycles. The Morgan fingerprint density at radius 3 is 3.00 bits per heavy atom. The van der Waals surface area contributed by atoms with Crippen molar-refractivity contribution in [2.75, 3.05) is 24.6 Å². The van der Waals surface area contributed by atoms with Crippen LogP contribution in [0, 0.1) is 10.1 Å². The summed E-state index contributed by atoms with van der Waals surface area (Å²) < 4.78 is 0. The van der Waals surface area contributed by atoms with Gasteiger partial charge in [0.05, 0.1) is 6.54 Å². The maximum Gasteiger partial charge on any atom is 0.261 e. The summed E-state index contributed by atoms with van der Waals surface area (Å²) in [4.78, 5) is 16.8. The summed E-state index contributed by atoms with van der Waals surface area (Å²) in [6.07, 6.45) is 2.77. The fourth-order valence-corrected chi connectivity index (χ4v) is 2.18. The third-order valence-corrected chi connectivity index (χ3v) is 3.21. The van der Waals surface area contributed by atoms with Gasteiger partial charge in [-0.15, -0.1) is 0 Å². The zero-order valence-corrected chi connectivity index (χ0v) is 9.45. The van der Waals surface area contributed by atoms with Crippen molar-refractivity contribution < 1.29 is 10.0 Å². The van der Waals surface area contributed by atoms with Crippen molar-refractivity contribution in [2.45, 2.75) is 18.4 Å². The minimum absolute atomic E-state index is 0.216. The summed E-state index contributed by atoms with van der Waals surface area (Å²) in [5.41, 5.74) is -1.24. The van der Waals surface area contributed by atoms with E-state index in [1.54, 1.807) is 12.3 Å². The number of hydrogen-bond donors (Lipinski definition) is 1. The molecule has 17 heavy (non-hydrogen) atoms. The van der Waals surface area contributed by atoms with E-state index in [-0.39, 0.29) is 11.5 Å². The van der Waals surface area contributed by atoms with E-state index >= 15 is 0 Å². The predicted octanol–water partition coefficient (Wildman–Crippen LogP) is 0.690. The van der Waals surface area contributed by atoms with Crippen LogP contribution in [0.5, 0.6) is 0 Å². The summed E-state index contributed by atoms with van der Waals surface area (Å²) in [5.74, 6) is 0.729. The third-order valence-electron chi connectivity index (χ3n) is 3.21. The molecule has 1 saturated heterocycles. The molecule has 1 N–H and O–H groups in total. The second-order valence-corrected chi connectivity index (χ2v) is 4.35. The van der Waals surface area contributed by atoms with Crippen LogP contribution in [-0.4, -0.2) is 40.2 Å². The molecule has 1 aromatic heterocycles. The Bertz CT molecular complexity index is 398. The fraction of sp³-hybridized carbons (Fsp3) is 0.545. The highest BCUT2D eigenvalue weighted by atomic mass is 16.6. The van der Waals surface area contributed by atoms with Gasteiger partial charge in [-0.1, -0.05) is 6.07 Å². The van der Waals surface area contributed by atoms with Crippen LogP contribution in [0.2, 0.25) is 0 Å². The van der Waals surface area contributed by atoms with E-state index in [4.69, 9.17) is 0 Å². The Labute approximate surface area is 99.0 Å². The first-order valence-electron chi connectivity index (χ1n) is 5.59. The van der Waals surface area contributed by atoms with Crippen molar-refractivity contribution >= 4 is 5.82 Å². The highest BCUT2D eigenvalue weighted by Crippen LogP contribution is 2.26. The quantitative estimate of drug-likeness (QED) is 0.618. The Kier molecular flexibility index (Phi) is 3.23. The lowest BCUT2D eigenvalue weighted by atomic mass is 9.90. The molecule has 0 spiro atoms. The van der Waals surface area contributed by atoms with E-state index in [0.29, 0.717) is 12.8 Å². The van der Waals surface area contributed by atoms with Crippen LogP contribution in [0.4, 0.5) is 5.82 Å². The first-order valence-corrected chi connectivity index (χ1v) is 5.59. The summed E-state index contributed by atoms with van der Waals surface area (Å²) >= 11 is 0. The molecule has 0 amide bonds. The van der Waals surface area contributed by atoms with Gasteiger partial charge >= 0.3 is 0 Å². The zero-order valence-electron chi connectivity index (χ0n) is 9.45. The molecule has 1 aromatic rings. The average Bonchev–Trinajstić information content (AvgIpc) is 2.39. The average molecular weight is 237 g/mol. The molecule has 1 atom stereocenters. The van der Waals surface area contributed by atoms with Crippen molar-refractivity contribution in [3.63, 3.8) is 0 Å². The lowest BCUT2D eigenvalue weighted by molar-refractivity contribution is -0.573. The zero-order chi connectivity index (χ0) is 12.3. The van der Waals surface area contributed by atoms with Crippen LogP contribution in [0.15, 0.2) is 24.4 Å². The number of nitrogens with zero attached hydrogens (tertiary/aromatic N) is 3. The smallest absolute Gasteiger partial charge is 0.261 e. The minimum Gasteiger partial charge on any atom is -0.389 e. The minimum atomic E-state index is -1.24. The van der Waals surface area contributed by atoms with Gasteiger partial charge in [-0.05, 0) is 18.6 Å². The number of aromatic nitrogens is 1. The van der Waals surface area contributed by atoms with Crippen molar-refractivity contribution in [3.8, 4) is 0 Å². The van der Waals surface area contributed by atoms with Gasteiger partial charge in [-0.2, -0.15) is 0 Å². The maximum atomic E-state index is 11.1. The van der Waals surface area contributed by atoms with E-state index in [1.807, 2.05) is 17.0 Å². The Morgan fingerprint density at radius 2 is 2.41 bits per heavy atom. The Hall–Kier alpha value is -1.69. The molecule has 0 aromatic carbocycles. The molecular formula is C11H15N3O3. The Morgan fingerprint density at radius 1 is 1.59 bits per heavy atom. The lowest BCUT2D eigenvalue weighted by Crippen LogP contribution is -2.55. The number of anilines is 1. The van der Waals surface area contributed by atoms with Gasteiger partial charge in [0, 0.05) is 24.1 Å². The molecule has 1 aliphatic heterocycles. The summed E-state index contributed by atoms with van der Waals surface area (Å²) in [7, 11) is 0. The third kappa shape index (κ3) is 2.21. The number of aliphatic hydroxyl groups is 1. The van der Waals surface area contributed by atoms with Crippen molar-refractivity contribution in [1.29, 1.82) is 0 Å². The van der Waals surface area contributed by atoms with Crippen molar-refractivity contribution in [2.24, 2.45) is 0 Å². The standard InChI is InChI=1S/C11H15N3O3/c15-9-11(14(16)17)5-3-7-13(8-11)10-4-1-2-6-12-10/h1-2,4,6,15H,3,5,7-9H2. The molecule has 2 heterocycles. The van der Waals surface area contributed by atoms with Crippen LogP contribution >= 0.6 is 0 Å². The lowest BCUT2D eigenvalue weighted by Gasteiger charge is -2.36. The van der Waals surface area contributed by atoms with E-state index in [2.05, 4.69) is 4.98 Å². The molecule has 1 aliphatic rings. The number of piperidine rings is 1. The van der Waals surface area contributed by atoms with Crippen LogP contribution in [0.1, 0.15) is 12.8 Å². The monoisotopic (exact) mass is 237 g/mol. The molecule has 1 unspecified atom stereocenters. The second kappa shape index (κ2) is 4.67. The second-order valence-electron chi connectivity index (χ2n) is 4.35. The van der Waals surface area contributed by atoms with Crippen LogP contribution in [-0.2, 0) is 0 Å². The molecule has 0 bridgehead atoms. The number of hydrogen-bond acceptors (Lipinski definition) is 5. The highest BCUT2D eigenvalue weighted by Gasteiger charge is 2.46. The van der Waals surface area contributed by atoms with Crippen LogP contribution in [0.3, 0.4) is 0 Å². The number of rotatable bonds is 3. The van der Waals surface area contributed by atoms with E-state index in [0.717, 1.165) is 12.4 Å². The highest BCUT2D eigenvalue weighted by molar-refractivity contribution is 5.39. The molecule has 6 nitrogen and oxygen atoms in total. The van der Waals surface area contributed by atoms with Gasteiger partial charge in [-0.3, -0.25) is 10.1 Å². The normalized spacial score (nSPS) is 24.6. The molecular weight excluding hydrogens is 222 g/mol. The number of nitro groups is 1. The molecule has 2 rings (SSSR count). The topological polar surface area (TPSA) is 79.5 Å². The number of aliphatic hydroxyl groups excluding tert-OH is 1. The SMILES string of the molecule is O=[N+]([O-])C1(CO)CCCN(c2ccccn2)C1. The molecule has 6 heteroatoms. The first-order chi connectivity index (χ1) is 8.18. The van der Waals surface area contributed by atoms with E-state index in [9.17, 15) is 15.2 Å². The maximum absolute atomic E-state index is 11.1. The summed E-state index contributed by atoms with van der Waals surface area (Å²) in [6.45, 7) is 0.531. The fourth-order valence-electron chi connectivity index (χ4n) is 2.18. The van der Waals surface area contributed by atoms with Crippen molar-refractivity contribution in [3.05, 3.63) is 34.5 Å². The first kappa shape index (κ1) is 11.8. The van der Waals surface area contributed by atoms with Gasteiger partial charge in [0.25, 0.3) is 5.54 Å². The van der Waals surface area contributed by atoms with Crippen molar-refractivity contribution in [1.82, 2.24) is 4.98 Å². The van der Waals surface area contributed by atoms with Gasteiger partial charge in [-0.25, -0.2) is 4.98 Å². The molecule has 1 fully saturated rings. The largest absolute Gasteiger partial charge is 0.389 e. The van der Waals surface area contributed by atoms with Gasteiger partial charge in [0.15, 0.2) is 0 Å². The predicted molar refractivity (Wildman–Crippen MR) is 62.5 cm³/mol. The molecule has 0 aliphatic carbocycles. The molecule has 0 radical (unpaired) electrons. The van der Waals surface area contributed by atoms with Gasteiger partial charge < -0.3 is 10.0 Å². The van der Waals surface area contributed by atoms with Crippen LogP contribution < -0.4 is 4.90 Å². The molecule has 92 valence electrons. The van der Waals surface area contributed by atoms with Gasteiger partial charge in [0.1, 0.15) is 12.4 Å². The van der Waals surface area contributed by atoms with E-state index in [1.165, 1.54) is 0 Å². The summed E-state index contributed by atoms with van der Waals surface area (Å²) in [6, 6.07) is 5.48. The van der Waals surface area contributed by atoms with Gasteiger partial charge in [0.2, 0.25) is 0 Å². The summed E-state index contributed by atoms with van der Waals surface area (Å²) in [5, 5.41) is 20.4. The Balaban J connectivity index is 2.20. The number of pyridine rings is 1.